The van der Waals surface area contributed by atoms with Gasteiger partial charge in [0.1, 0.15) is 11.6 Å². The summed E-state index contributed by atoms with van der Waals surface area (Å²) in [6.07, 6.45) is 0. The van der Waals surface area contributed by atoms with Gasteiger partial charge in [0.05, 0.1) is 12.6 Å². The first-order valence-corrected chi connectivity index (χ1v) is 7.72. The number of ether oxygens (including phenoxy) is 1. The van der Waals surface area contributed by atoms with Gasteiger partial charge in [-0.15, -0.1) is 0 Å². The molecule has 0 bridgehead atoms. The second kappa shape index (κ2) is 7.05. The van der Waals surface area contributed by atoms with Gasteiger partial charge in [0, 0.05) is 15.6 Å². The third-order valence-electron chi connectivity index (χ3n) is 3.40. The molecule has 0 amide bonds. The Hall–Kier alpha value is -1.39. The molecule has 0 aromatic heterocycles. The van der Waals surface area contributed by atoms with Crippen LogP contribution < -0.4 is 10.1 Å². The number of benzene rings is 2. The van der Waals surface area contributed by atoms with Crippen LogP contribution in [0.15, 0.2) is 40.9 Å². The smallest absolute Gasteiger partial charge is 0.131 e. The average Bonchev–Trinajstić information content (AvgIpc) is 2.47. The number of rotatable bonds is 5. The third-order valence-corrected chi connectivity index (χ3v) is 3.90. The Morgan fingerprint density at radius 3 is 2.67 bits per heavy atom. The van der Waals surface area contributed by atoms with Gasteiger partial charge in [0.25, 0.3) is 0 Å². The van der Waals surface area contributed by atoms with E-state index in [9.17, 15) is 4.39 Å². The molecule has 0 aliphatic rings. The molecule has 2 aromatic rings. The van der Waals surface area contributed by atoms with Crippen LogP contribution in [0.3, 0.4) is 0 Å². The Morgan fingerprint density at radius 2 is 2.00 bits per heavy atom. The standard InChI is InChI=1S/C17H19BrFNO/c1-4-21-15-9-8-12(18)10-14(15)17(20-3)13-7-5-6-11(2)16(13)19/h5-10,17,20H,4H2,1-3H3. The lowest BCUT2D eigenvalue weighted by Gasteiger charge is -2.22. The summed E-state index contributed by atoms with van der Waals surface area (Å²) in [4.78, 5) is 0. The number of aryl methyl sites for hydroxylation is 1. The lowest BCUT2D eigenvalue weighted by atomic mass is 9.96. The molecular weight excluding hydrogens is 333 g/mol. The molecule has 4 heteroatoms. The summed E-state index contributed by atoms with van der Waals surface area (Å²) < 4.78 is 21.1. The van der Waals surface area contributed by atoms with Gasteiger partial charge in [0.15, 0.2) is 0 Å². The molecule has 2 aromatic carbocycles. The maximum absolute atomic E-state index is 14.4. The van der Waals surface area contributed by atoms with E-state index >= 15 is 0 Å². The SMILES string of the molecule is CCOc1ccc(Br)cc1C(NC)c1cccc(C)c1F. The van der Waals surface area contributed by atoms with Gasteiger partial charge in [-0.1, -0.05) is 34.1 Å². The summed E-state index contributed by atoms with van der Waals surface area (Å²) in [6.45, 7) is 4.28. The van der Waals surface area contributed by atoms with E-state index in [1.807, 2.05) is 38.2 Å². The lowest BCUT2D eigenvalue weighted by Crippen LogP contribution is -2.20. The van der Waals surface area contributed by atoms with E-state index in [0.29, 0.717) is 17.7 Å². The van der Waals surface area contributed by atoms with Crippen molar-refractivity contribution in [3.8, 4) is 5.75 Å². The Morgan fingerprint density at radius 1 is 1.24 bits per heavy atom. The molecule has 0 saturated heterocycles. The van der Waals surface area contributed by atoms with Gasteiger partial charge in [-0.05, 0) is 44.7 Å². The van der Waals surface area contributed by atoms with E-state index in [1.165, 1.54) is 0 Å². The van der Waals surface area contributed by atoms with Crippen LogP contribution in [-0.2, 0) is 0 Å². The number of hydrogen-bond acceptors (Lipinski definition) is 2. The van der Waals surface area contributed by atoms with Gasteiger partial charge < -0.3 is 10.1 Å². The van der Waals surface area contributed by atoms with E-state index in [0.717, 1.165) is 15.8 Å². The quantitative estimate of drug-likeness (QED) is 0.849. The van der Waals surface area contributed by atoms with Crippen molar-refractivity contribution in [1.82, 2.24) is 5.32 Å². The van der Waals surface area contributed by atoms with Crippen LogP contribution in [0.2, 0.25) is 0 Å². The lowest BCUT2D eigenvalue weighted by molar-refractivity contribution is 0.333. The first-order chi connectivity index (χ1) is 10.1. The highest BCUT2D eigenvalue weighted by Gasteiger charge is 2.21. The minimum absolute atomic E-state index is 0.181. The van der Waals surface area contributed by atoms with Crippen molar-refractivity contribution in [1.29, 1.82) is 0 Å². The van der Waals surface area contributed by atoms with Crippen molar-refractivity contribution >= 4 is 15.9 Å². The summed E-state index contributed by atoms with van der Waals surface area (Å²) in [5, 5.41) is 3.19. The number of nitrogens with one attached hydrogen (secondary N) is 1. The van der Waals surface area contributed by atoms with Crippen molar-refractivity contribution in [2.24, 2.45) is 0 Å². The molecule has 112 valence electrons. The maximum atomic E-state index is 14.4. The Balaban J connectivity index is 2.55. The van der Waals surface area contributed by atoms with Crippen LogP contribution in [-0.4, -0.2) is 13.7 Å². The van der Waals surface area contributed by atoms with Crippen molar-refractivity contribution in [2.45, 2.75) is 19.9 Å². The minimum atomic E-state index is -0.260. The van der Waals surface area contributed by atoms with Crippen molar-refractivity contribution in [2.75, 3.05) is 13.7 Å². The Kier molecular flexibility index (Phi) is 5.37. The van der Waals surface area contributed by atoms with Crippen LogP contribution in [0.5, 0.6) is 5.75 Å². The highest BCUT2D eigenvalue weighted by Crippen LogP contribution is 2.34. The van der Waals surface area contributed by atoms with Crippen molar-refractivity contribution in [3.05, 3.63) is 63.4 Å². The minimum Gasteiger partial charge on any atom is -0.494 e. The summed E-state index contributed by atoms with van der Waals surface area (Å²) in [5.74, 6) is 0.584. The predicted octanol–water partition coefficient (Wildman–Crippen LogP) is 4.60. The van der Waals surface area contributed by atoms with Gasteiger partial charge in [-0.3, -0.25) is 0 Å². The van der Waals surface area contributed by atoms with Gasteiger partial charge in [0.2, 0.25) is 0 Å². The first kappa shape index (κ1) is 16.0. The van der Waals surface area contributed by atoms with Crippen LogP contribution in [0.25, 0.3) is 0 Å². The second-order valence-electron chi connectivity index (χ2n) is 4.81. The molecule has 1 unspecified atom stereocenters. The first-order valence-electron chi connectivity index (χ1n) is 6.93. The van der Waals surface area contributed by atoms with Crippen LogP contribution in [0, 0.1) is 12.7 Å². The van der Waals surface area contributed by atoms with Crippen molar-refractivity contribution in [3.63, 3.8) is 0 Å². The zero-order valence-corrected chi connectivity index (χ0v) is 14.0. The zero-order chi connectivity index (χ0) is 15.4. The van der Waals surface area contributed by atoms with Crippen LogP contribution >= 0.6 is 15.9 Å². The fraction of sp³-hybridized carbons (Fsp3) is 0.294. The highest BCUT2D eigenvalue weighted by atomic mass is 79.9. The molecule has 21 heavy (non-hydrogen) atoms. The van der Waals surface area contributed by atoms with Crippen LogP contribution in [0.4, 0.5) is 4.39 Å². The summed E-state index contributed by atoms with van der Waals surface area (Å²) in [5.41, 5.74) is 2.18. The number of halogens is 2. The number of hydrogen-bond donors (Lipinski definition) is 1. The maximum Gasteiger partial charge on any atom is 0.131 e. The monoisotopic (exact) mass is 351 g/mol. The molecular formula is C17H19BrFNO. The van der Waals surface area contributed by atoms with E-state index in [-0.39, 0.29) is 11.9 Å². The Bertz CT molecular complexity index is 630. The molecule has 2 nitrogen and oxygen atoms in total. The zero-order valence-electron chi connectivity index (χ0n) is 12.4. The Labute approximate surface area is 133 Å². The molecule has 0 fully saturated rings. The molecule has 0 heterocycles. The fourth-order valence-electron chi connectivity index (χ4n) is 2.40. The average molecular weight is 352 g/mol. The van der Waals surface area contributed by atoms with Gasteiger partial charge in [-0.2, -0.15) is 0 Å². The summed E-state index contributed by atoms with van der Waals surface area (Å²) in [6, 6.07) is 11.0. The van der Waals surface area contributed by atoms with Gasteiger partial charge in [-0.25, -0.2) is 4.39 Å². The van der Waals surface area contributed by atoms with E-state index < -0.39 is 0 Å². The molecule has 2 rings (SSSR count). The fourth-order valence-corrected chi connectivity index (χ4v) is 2.78. The second-order valence-corrected chi connectivity index (χ2v) is 5.73. The molecule has 0 saturated carbocycles. The summed E-state index contributed by atoms with van der Waals surface area (Å²) in [7, 11) is 1.82. The van der Waals surface area contributed by atoms with Crippen LogP contribution in [0.1, 0.15) is 29.7 Å². The molecule has 1 atom stereocenters. The van der Waals surface area contributed by atoms with E-state index in [2.05, 4.69) is 21.2 Å². The normalized spacial score (nSPS) is 12.2. The summed E-state index contributed by atoms with van der Waals surface area (Å²) >= 11 is 3.47. The molecule has 1 N–H and O–H groups in total. The van der Waals surface area contributed by atoms with E-state index in [4.69, 9.17) is 4.74 Å². The van der Waals surface area contributed by atoms with Gasteiger partial charge >= 0.3 is 0 Å². The molecule has 0 aliphatic carbocycles. The third kappa shape index (κ3) is 3.44. The molecule has 0 spiro atoms. The van der Waals surface area contributed by atoms with Crippen molar-refractivity contribution < 1.29 is 9.13 Å². The highest BCUT2D eigenvalue weighted by molar-refractivity contribution is 9.10. The molecule has 0 radical (unpaired) electrons. The molecule has 0 aliphatic heterocycles. The topological polar surface area (TPSA) is 21.3 Å². The van der Waals surface area contributed by atoms with E-state index in [1.54, 1.807) is 19.1 Å². The predicted molar refractivity (Wildman–Crippen MR) is 87.4 cm³/mol. The largest absolute Gasteiger partial charge is 0.494 e.